The van der Waals surface area contributed by atoms with Crippen molar-refractivity contribution in [2.24, 2.45) is 0 Å². The molecule has 1 aliphatic rings. The van der Waals surface area contributed by atoms with Crippen LogP contribution in [0, 0.1) is 0 Å². The van der Waals surface area contributed by atoms with Gasteiger partial charge in [-0.1, -0.05) is 0 Å². The average molecular weight is 245 g/mol. The molecule has 1 saturated heterocycles. The maximum absolute atomic E-state index is 10.3. The lowest BCUT2D eigenvalue weighted by Gasteiger charge is -2.35. The first kappa shape index (κ1) is 14.9. The fraction of sp³-hybridized carbons (Fsp3) is 1.00. The third-order valence-electron chi connectivity index (χ3n) is 3.00. The zero-order valence-corrected chi connectivity index (χ0v) is 11.7. The maximum Gasteiger partial charge on any atom is 0.0817 e. The second-order valence-electron chi connectivity index (χ2n) is 6.04. The fourth-order valence-electron chi connectivity index (χ4n) is 2.00. The van der Waals surface area contributed by atoms with E-state index in [4.69, 9.17) is 9.47 Å². The Balaban J connectivity index is 2.21. The van der Waals surface area contributed by atoms with E-state index in [0.29, 0.717) is 26.4 Å². The first-order valence-corrected chi connectivity index (χ1v) is 6.43. The molecule has 0 amide bonds. The highest BCUT2D eigenvalue weighted by Crippen LogP contribution is 2.21. The Morgan fingerprint density at radius 2 is 1.88 bits per heavy atom. The molecule has 0 spiro atoms. The lowest BCUT2D eigenvalue weighted by molar-refractivity contribution is -0.0816. The lowest BCUT2D eigenvalue weighted by Crippen LogP contribution is -2.46. The summed E-state index contributed by atoms with van der Waals surface area (Å²) in [5.74, 6) is 0. The zero-order valence-electron chi connectivity index (χ0n) is 11.7. The molecule has 0 unspecified atom stereocenters. The quantitative estimate of drug-likeness (QED) is 0.792. The van der Waals surface area contributed by atoms with Gasteiger partial charge in [-0.05, 0) is 27.8 Å². The second-order valence-corrected chi connectivity index (χ2v) is 6.04. The molecule has 0 aromatic rings. The van der Waals surface area contributed by atoms with Crippen LogP contribution < -0.4 is 0 Å². The third kappa shape index (κ3) is 6.36. The summed E-state index contributed by atoms with van der Waals surface area (Å²) in [6.45, 7) is 9.75. The Labute approximate surface area is 105 Å². The highest BCUT2D eigenvalue weighted by Gasteiger charge is 2.30. The van der Waals surface area contributed by atoms with Gasteiger partial charge in [-0.3, -0.25) is 0 Å². The summed E-state index contributed by atoms with van der Waals surface area (Å²) >= 11 is 0. The SMILES string of the molecule is CN(CCOC(C)(C)C)CC1(O)CCOCC1. The number of hydrogen-bond donors (Lipinski definition) is 1. The van der Waals surface area contributed by atoms with Gasteiger partial charge in [0.2, 0.25) is 0 Å². The third-order valence-corrected chi connectivity index (χ3v) is 3.00. The van der Waals surface area contributed by atoms with E-state index < -0.39 is 5.60 Å². The Hall–Kier alpha value is -0.160. The van der Waals surface area contributed by atoms with Crippen LogP contribution in [0.4, 0.5) is 0 Å². The zero-order chi connectivity index (χ0) is 12.9. The molecule has 1 aliphatic heterocycles. The first-order chi connectivity index (χ1) is 7.81. The number of hydrogen-bond acceptors (Lipinski definition) is 4. The summed E-state index contributed by atoms with van der Waals surface area (Å²) in [6, 6.07) is 0. The van der Waals surface area contributed by atoms with E-state index in [1.807, 2.05) is 7.05 Å². The van der Waals surface area contributed by atoms with Gasteiger partial charge in [-0.25, -0.2) is 0 Å². The van der Waals surface area contributed by atoms with Crippen LogP contribution in [0.3, 0.4) is 0 Å². The number of rotatable bonds is 5. The van der Waals surface area contributed by atoms with Crippen LogP contribution >= 0.6 is 0 Å². The van der Waals surface area contributed by atoms with Crippen LogP contribution in [0.5, 0.6) is 0 Å². The molecule has 1 fully saturated rings. The van der Waals surface area contributed by atoms with E-state index in [2.05, 4.69) is 25.7 Å². The van der Waals surface area contributed by atoms with E-state index in [-0.39, 0.29) is 5.60 Å². The summed E-state index contributed by atoms with van der Waals surface area (Å²) in [4.78, 5) is 2.14. The van der Waals surface area contributed by atoms with Crippen molar-refractivity contribution in [2.75, 3.05) is 40.0 Å². The Kier molecular flexibility index (Phi) is 5.38. The van der Waals surface area contributed by atoms with Crippen molar-refractivity contribution < 1.29 is 14.6 Å². The van der Waals surface area contributed by atoms with Gasteiger partial charge in [-0.15, -0.1) is 0 Å². The van der Waals surface area contributed by atoms with Crippen molar-refractivity contribution in [1.29, 1.82) is 0 Å². The molecule has 0 aromatic heterocycles. The van der Waals surface area contributed by atoms with Gasteiger partial charge in [0.15, 0.2) is 0 Å². The van der Waals surface area contributed by atoms with Crippen LogP contribution in [0.15, 0.2) is 0 Å². The van der Waals surface area contributed by atoms with Gasteiger partial charge in [0.25, 0.3) is 0 Å². The highest BCUT2D eigenvalue weighted by atomic mass is 16.5. The Morgan fingerprint density at radius 1 is 1.29 bits per heavy atom. The summed E-state index contributed by atoms with van der Waals surface area (Å²) < 4.78 is 10.9. The number of aliphatic hydroxyl groups is 1. The fourth-order valence-corrected chi connectivity index (χ4v) is 2.00. The molecule has 0 aromatic carbocycles. The van der Waals surface area contributed by atoms with Crippen LogP contribution in [0.1, 0.15) is 33.6 Å². The van der Waals surface area contributed by atoms with Crippen molar-refractivity contribution in [1.82, 2.24) is 4.90 Å². The van der Waals surface area contributed by atoms with Gasteiger partial charge >= 0.3 is 0 Å². The van der Waals surface area contributed by atoms with E-state index in [1.165, 1.54) is 0 Å². The summed E-state index contributed by atoms with van der Waals surface area (Å²) in [6.07, 6.45) is 1.47. The maximum atomic E-state index is 10.3. The molecule has 0 atom stereocenters. The lowest BCUT2D eigenvalue weighted by atomic mass is 9.94. The van der Waals surface area contributed by atoms with Crippen LogP contribution in [0.2, 0.25) is 0 Å². The van der Waals surface area contributed by atoms with Gasteiger partial charge in [-0.2, -0.15) is 0 Å². The predicted molar refractivity (Wildman–Crippen MR) is 68.2 cm³/mol. The van der Waals surface area contributed by atoms with Crippen molar-refractivity contribution in [3.63, 3.8) is 0 Å². The number of ether oxygens (including phenoxy) is 2. The van der Waals surface area contributed by atoms with Crippen molar-refractivity contribution >= 4 is 0 Å². The molecule has 4 heteroatoms. The topological polar surface area (TPSA) is 41.9 Å². The van der Waals surface area contributed by atoms with E-state index in [9.17, 15) is 5.11 Å². The molecule has 1 rings (SSSR count). The molecule has 4 nitrogen and oxygen atoms in total. The molecule has 1 N–H and O–H groups in total. The molecule has 0 aliphatic carbocycles. The van der Waals surface area contributed by atoms with E-state index >= 15 is 0 Å². The molecule has 0 bridgehead atoms. The van der Waals surface area contributed by atoms with Gasteiger partial charge < -0.3 is 19.5 Å². The predicted octanol–water partition coefficient (Wildman–Crippen LogP) is 1.27. The standard InChI is InChI=1S/C13H27NO3/c1-12(2,3)17-10-7-14(4)11-13(15)5-8-16-9-6-13/h15H,5-11H2,1-4H3. The van der Waals surface area contributed by atoms with Crippen molar-refractivity contribution in [3.05, 3.63) is 0 Å². The highest BCUT2D eigenvalue weighted by molar-refractivity contribution is 4.83. The van der Waals surface area contributed by atoms with Crippen molar-refractivity contribution in [2.45, 2.75) is 44.8 Å². The minimum atomic E-state index is -0.575. The molecular formula is C13H27NO3. The molecule has 1 heterocycles. The van der Waals surface area contributed by atoms with Crippen LogP contribution in [-0.4, -0.2) is 61.2 Å². The Bertz CT molecular complexity index is 219. The number of nitrogens with zero attached hydrogens (tertiary/aromatic N) is 1. The smallest absolute Gasteiger partial charge is 0.0817 e. The molecule has 0 saturated carbocycles. The summed E-state index contributed by atoms with van der Waals surface area (Å²) in [5.41, 5.74) is -0.662. The normalized spacial score (nSPS) is 20.8. The molecular weight excluding hydrogens is 218 g/mol. The second kappa shape index (κ2) is 6.14. The monoisotopic (exact) mass is 245 g/mol. The minimum Gasteiger partial charge on any atom is -0.388 e. The molecule has 0 radical (unpaired) electrons. The summed E-state index contributed by atoms with van der Waals surface area (Å²) in [5, 5.41) is 10.3. The molecule has 102 valence electrons. The summed E-state index contributed by atoms with van der Waals surface area (Å²) in [7, 11) is 2.03. The molecule has 17 heavy (non-hydrogen) atoms. The van der Waals surface area contributed by atoms with Gasteiger partial charge in [0.05, 0.1) is 17.8 Å². The van der Waals surface area contributed by atoms with E-state index in [0.717, 1.165) is 19.4 Å². The van der Waals surface area contributed by atoms with Gasteiger partial charge in [0.1, 0.15) is 0 Å². The minimum absolute atomic E-state index is 0.0869. The van der Waals surface area contributed by atoms with Gasteiger partial charge in [0, 0.05) is 39.1 Å². The number of likely N-dealkylation sites (N-methyl/N-ethyl adjacent to an activating group) is 1. The van der Waals surface area contributed by atoms with Crippen molar-refractivity contribution in [3.8, 4) is 0 Å². The van der Waals surface area contributed by atoms with Crippen LogP contribution in [0.25, 0.3) is 0 Å². The van der Waals surface area contributed by atoms with E-state index in [1.54, 1.807) is 0 Å². The average Bonchev–Trinajstić information content (AvgIpc) is 2.15. The largest absolute Gasteiger partial charge is 0.388 e. The Morgan fingerprint density at radius 3 is 2.41 bits per heavy atom. The van der Waals surface area contributed by atoms with Crippen LogP contribution in [-0.2, 0) is 9.47 Å². The first-order valence-electron chi connectivity index (χ1n) is 6.43.